The normalized spacial score (nSPS) is 23.0. The third-order valence-corrected chi connectivity index (χ3v) is 4.74. The lowest BCUT2D eigenvalue weighted by atomic mass is 10.2. The van der Waals surface area contributed by atoms with Crippen molar-refractivity contribution in [2.75, 3.05) is 5.73 Å². The van der Waals surface area contributed by atoms with E-state index in [1.165, 1.54) is 12.1 Å². The molecule has 1 aliphatic rings. The Labute approximate surface area is 106 Å². The van der Waals surface area contributed by atoms with E-state index in [-0.39, 0.29) is 11.7 Å². The number of nitrogen functional groups attached to an aromatic ring is 1. The van der Waals surface area contributed by atoms with E-state index >= 15 is 0 Å². The van der Waals surface area contributed by atoms with Crippen LogP contribution in [0.25, 0.3) is 0 Å². The molecule has 0 spiro atoms. The Balaban J connectivity index is 2.17. The molecule has 0 radical (unpaired) electrons. The molecule has 3 N–H and O–H groups in total. The summed E-state index contributed by atoms with van der Waals surface area (Å²) in [5.74, 6) is -0.437. The number of rotatable bonds is 5. The van der Waals surface area contributed by atoms with Crippen molar-refractivity contribution in [3.8, 4) is 0 Å². The van der Waals surface area contributed by atoms with Gasteiger partial charge in [-0.3, -0.25) is 0 Å². The van der Waals surface area contributed by atoms with Crippen LogP contribution in [-0.2, 0) is 10.0 Å². The quantitative estimate of drug-likeness (QED) is 0.804. The van der Waals surface area contributed by atoms with E-state index in [1.807, 2.05) is 0 Å². The Hall–Kier alpha value is -1.14. The van der Waals surface area contributed by atoms with Crippen molar-refractivity contribution in [2.24, 2.45) is 5.92 Å². The summed E-state index contributed by atoms with van der Waals surface area (Å²) in [4.78, 5) is -0.438. The predicted molar refractivity (Wildman–Crippen MR) is 67.9 cm³/mol. The highest BCUT2D eigenvalue weighted by atomic mass is 32.2. The lowest BCUT2D eigenvalue weighted by Gasteiger charge is -2.09. The summed E-state index contributed by atoms with van der Waals surface area (Å²) in [6.07, 6.45) is 2.83. The van der Waals surface area contributed by atoms with Crippen molar-refractivity contribution in [2.45, 2.75) is 37.1 Å². The first-order valence-electron chi connectivity index (χ1n) is 6.02. The smallest absolute Gasteiger partial charge is 0.245 e. The van der Waals surface area contributed by atoms with E-state index in [0.29, 0.717) is 5.92 Å². The highest BCUT2D eigenvalue weighted by Gasteiger charge is 2.40. The summed E-state index contributed by atoms with van der Waals surface area (Å²) in [7, 11) is -3.86. The number of hydrogen-bond acceptors (Lipinski definition) is 3. The molecule has 100 valence electrons. The summed E-state index contributed by atoms with van der Waals surface area (Å²) in [5.41, 5.74) is 5.48. The van der Waals surface area contributed by atoms with Crippen LogP contribution in [0, 0.1) is 11.7 Å². The van der Waals surface area contributed by atoms with Crippen molar-refractivity contribution in [3.63, 3.8) is 0 Å². The molecule has 0 bridgehead atoms. The lowest BCUT2D eigenvalue weighted by molar-refractivity contribution is 0.553. The summed E-state index contributed by atoms with van der Waals surface area (Å²) < 4.78 is 40.2. The van der Waals surface area contributed by atoms with Crippen molar-refractivity contribution in [1.29, 1.82) is 0 Å². The number of anilines is 1. The number of nitrogens with one attached hydrogen (secondary N) is 1. The third-order valence-electron chi connectivity index (χ3n) is 3.15. The molecule has 0 aliphatic heterocycles. The van der Waals surface area contributed by atoms with Crippen LogP contribution in [0.1, 0.15) is 26.2 Å². The van der Waals surface area contributed by atoms with Crippen LogP contribution < -0.4 is 10.5 Å². The van der Waals surface area contributed by atoms with Gasteiger partial charge in [-0.2, -0.15) is 0 Å². The van der Waals surface area contributed by atoms with Gasteiger partial charge in [-0.05, 0) is 30.9 Å². The molecule has 1 aliphatic carbocycles. The van der Waals surface area contributed by atoms with Crippen LogP contribution in [0.4, 0.5) is 10.1 Å². The fourth-order valence-electron chi connectivity index (χ4n) is 2.15. The predicted octanol–water partition coefficient (Wildman–Crippen LogP) is 1.87. The average Bonchev–Trinajstić information content (AvgIpc) is 2.95. The van der Waals surface area contributed by atoms with Crippen LogP contribution in [-0.4, -0.2) is 14.5 Å². The Morgan fingerprint density at radius 1 is 1.50 bits per heavy atom. The molecule has 1 aromatic rings. The topological polar surface area (TPSA) is 72.2 Å². The standard InChI is InChI=1S/C12H17FN2O2S/c1-2-4-8-7-11(8)15-18(16,17)12-9(13)5-3-6-10(12)14/h3,5-6,8,11,15H,2,4,7,14H2,1H3. The minimum absolute atomic E-state index is 0.0600. The largest absolute Gasteiger partial charge is 0.398 e. The van der Waals surface area contributed by atoms with E-state index in [1.54, 1.807) is 0 Å². The molecule has 4 nitrogen and oxygen atoms in total. The van der Waals surface area contributed by atoms with Gasteiger partial charge >= 0.3 is 0 Å². The second-order valence-corrected chi connectivity index (χ2v) is 6.32. The fourth-order valence-corrected chi connectivity index (χ4v) is 3.66. The average molecular weight is 272 g/mol. The second kappa shape index (κ2) is 4.85. The van der Waals surface area contributed by atoms with E-state index in [0.717, 1.165) is 25.3 Å². The zero-order chi connectivity index (χ0) is 13.3. The molecular formula is C12H17FN2O2S. The number of nitrogens with two attached hydrogens (primary N) is 1. The van der Waals surface area contributed by atoms with E-state index in [2.05, 4.69) is 11.6 Å². The molecule has 0 saturated heterocycles. The lowest BCUT2D eigenvalue weighted by Crippen LogP contribution is -2.28. The van der Waals surface area contributed by atoms with Crippen LogP contribution in [0.3, 0.4) is 0 Å². The Kier molecular flexibility index (Phi) is 3.59. The van der Waals surface area contributed by atoms with Crippen molar-refractivity contribution in [3.05, 3.63) is 24.0 Å². The van der Waals surface area contributed by atoms with Crippen molar-refractivity contribution < 1.29 is 12.8 Å². The maximum atomic E-state index is 13.6. The number of sulfonamides is 1. The fraction of sp³-hybridized carbons (Fsp3) is 0.500. The minimum atomic E-state index is -3.86. The Morgan fingerprint density at radius 2 is 2.22 bits per heavy atom. The number of halogens is 1. The first-order chi connectivity index (χ1) is 8.45. The Morgan fingerprint density at radius 3 is 2.83 bits per heavy atom. The molecule has 2 atom stereocenters. The van der Waals surface area contributed by atoms with E-state index in [9.17, 15) is 12.8 Å². The van der Waals surface area contributed by atoms with Gasteiger partial charge in [0.2, 0.25) is 10.0 Å². The summed E-state index contributed by atoms with van der Waals surface area (Å²) in [6, 6.07) is 3.80. The minimum Gasteiger partial charge on any atom is -0.398 e. The molecule has 2 unspecified atom stereocenters. The Bertz CT molecular complexity index is 525. The second-order valence-electron chi connectivity index (χ2n) is 4.67. The summed E-state index contributed by atoms with van der Waals surface area (Å²) >= 11 is 0. The first kappa shape index (κ1) is 13.3. The molecule has 0 amide bonds. The van der Waals surface area contributed by atoms with Gasteiger partial charge in [0.05, 0.1) is 5.69 Å². The molecular weight excluding hydrogens is 255 g/mol. The van der Waals surface area contributed by atoms with Crippen LogP contribution in [0.15, 0.2) is 23.1 Å². The van der Waals surface area contributed by atoms with Gasteiger partial charge in [0.15, 0.2) is 0 Å². The molecule has 1 fully saturated rings. The molecule has 6 heteroatoms. The van der Waals surface area contributed by atoms with Crippen molar-refractivity contribution in [1.82, 2.24) is 4.72 Å². The molecule has 1 aromatic carbocycles. The van der Waals surface area contributed by atoms with Gasteiger partial charge in [-0.25, -0.2) is 17.5 Å². The third kappa shape index (κ3) is 2.64. The number of hydrogen-bond donors (Lipinski definition) is 2. The summed E-state index contributed by atoms with van der Waals surface area (Å²) in [5, 5.41) is 0. The maximum Gasteiger partial charge on any atom is 0.245 e. The molecule has 0 aromatic heterocycles. The van der Waals surface area contributed by atoms with E-state index in [4.69, 9.17) is 5.73 Å². The maximum absolute atomic E-state index is 13.6. The SMILES string of the molecule is CCCC1CC1NS(=O)(=O)c1c(N)cccc1F. The van der Waals surface area contributed by atoms with Gasteiger partial charge in [0.25, 0.3) is 0 Å². The van der Waals surface area contributed by atoms with Crippen molar-refractivity contribution >= 4 is 15.7 Å². The highest BCUT2D eigenvalue weighted by molar-refractivity contribution is 7.89. The molecule has 0 heterocycles. The zero-order valence-corrected chi connectivity index (χ0v) is 11.0. The van der Waals surface area contributed by atoms with E-state index < -0.39 is 20.7 Å². The zero-order valence-electron chi connectivity index (χ0n) is 10.2. The van der Waals surface area contributed by atoms with Gasteiger partial charge in [-0.15, -0.1) is 0 Å². The van der Waals surface area contributed by atoms with Gasteiger partial charge in [0.1, 0.15) is 10.7 Å². The van der Waals surface area contributed by atoms with Gasteiger partial charge < -0.3 is 5.73 Å². The number of benzene rings is 1. The first-order valence-corrected chi connectivity index (χ1v) is 7.50. The van der Waals surface area contributed by atoms with Gasteiger partial charge in [0, 0.05) is 6.04 Å². The van der Waals surface area contributed by atoms with Crippen LogP contribution >= 0.6 is 0 Å². The molecule has 1 saturated carbocycles. The highest BCUT2D eigenvalue weighted by Crippen LogP contribution is 2.36. The van der Waals surface area contributed by atoms with Crippen LogP contribution in [0.2, 0.25) is 0 Å². The summed E-state index contributed by atoms with van der Waals surface area (Å²) in [6.45, 7) is 2.05. The molecule has 2 rings (SSSR count). The van der Waals surface area contributed by atoms with Gasteiger partial charge in [-0.1, -0.05) is 19.4 Å². The molecule has 18 heavy (non-hydrogen) atoms. The van der Waals surface area contributed by atoms with Crippen LogP contribution in [0.5, 0.6) is 0 Å². The monoisotopic (exact) mass is 272 g/mol.